The third-order valence-electron chi connectivity index (χ3n) is 3.43. The summed E-state index contributed by atoms with van der Waals surface area (Å²) in [5, 5.41) is 0.845. The molecule has 2 unspecified atom stereocenters. The van der Waals surface area contributed by atoms with Crippen LogP contribution in [0.5, 0.6) is 0 Å². The second-order valence-electron chi connectivity index (χ2n) is 5.02. The molecule has 2 atom stereocenters. The van der Waals surface area contributed by atoms with Crippen LogP contribution in [0.2, 0.25) is 5.02 Å². The molecular formula is C13H18BrClN2O2S2. The SMILES string of the molecule is CCSC1CCC(NS(=O)(=O)c2cc(Cl)cc(N)c2Br)C1. The van der Waals surface area contributed by atoms with Gasteiger partial charge in [-0.1, -0.05) is 18.5 Å². The van der Waals surface area contributed by atoms with Crippen molar-refractivity contribution >= 4 is 55.0 Å². The number of nitrogens with one attached hydrogen (secondary N) is 1. The maximum absolute atomic E-state index is 12.5. The summed E-state index contributed by atoms with van der Waals surface area (Å²) < 4.78 is 28.2. The number of rotatable bonds is 5. The first-order valence-corrected chi connectivity index (χ1v) is 10.4. The minimum absolute atomic E-state index is 0.0221. The summed E-state index contributed by atoms with van der Waals surface area (Å²) in [4.78, 5) is 0.0964. The van der Waals surface area contributed by atoms with Gasteiger partial charge in [0.05, 0.1) is 9.37 Å². The van der Waals surface area contributed by atoms with Crippen LogP contribution in [0.3, 0.4) is 0 Å². The topological polar surface area (TPSA) is 72.2 Å². The molecule has 0 aliphatic heterocycles. The van der Waals surface area contributed by atoms with Gasteiger partial charge in [-0.25, -0.2) is 13.1 Å². The summed E-state index contributed by atoms with van der Waals surface area (Å²) in [5.41, 5.74) is 6.07. The molecule has 2 rings (SSSR count). The lowest BCUT2D eigenvalue weighted by Gasteiger charge is -2.15. The van der Waals surface area contributed by atoms with Gasteiger partial charge in [0.2, 0.25) is 10.0 Å². The zero-order chi connectivity index (χ0) is 15.6. The van der Waals surface area contributed by atoms with Crippen molar-refractivity contribution in [3.8, 4) is 0 Å². The third kappa shape index (κ3) is 4.28. The maximum Gasteiger partial charge on any atom is 0.242 e. The molecule has 1 aromatic carbocycles. The highest BCUT2D eigenvalue weighted by atomic mass is 79.9. The summed E-state index contributed by atoms with van der Waals surface area (Å²) in [5.74, 6) is 1.06. The van der Waals surface area contributed by atoms with Crippen LogP contribution in [0, 0.1) is 0 Å². The summed E-state index contributed by atoms with van der Waals surface area (Å²) in [6.07, 6.45) is 2.78. The van der Waals surface area contributed by atoms with Crippen molar-refractivity contribution in [2.75, 3.05) is 11.5 Å². The number of anilines is 1. The molecule has 1 aliphatic carbocycles. The zero-order valence-electron chi connectivity index (χ0n) is 11.6. The van der Waals surface area contributed by atoms with Crippen LogP contribution in [0.15, 0.2) is 21.5 Å². The summed E-state index contributed by atoms with van der Waals surface area (Å²) in [6.45, 7) is 2.12. The number of hydrogen-bond donors (Lipinski definition) is 2. The van der Waals surface area contributed by atoms with E-state index >= 15 is 0 Å². The Balaban J connectivity index is 2.16. The Bertz CT molecular complexity index is 625. The van der Waals surface area contributed by atoms with Crippen molar-refractivity contribution in [3.05, 3.63) is 21.6 Å². The second-order valence-corrected chi connectivity index (χ2v) is 9.50. The van der Waals surface area contributed by atoms with Gasteiger partial charge in [0.25, 0.3) is 0 Å². The highest BCUT2D eigenvalue weighted by molar-refractivity contribution is 9.10. The molecule has 0 bridgehead atoms. The molecule has 1 aromatic rings. The van der Waals surface area contributed by atoms with E-state index in [4.69, 9.17) is 17.3 Å². The minimum Gasteiger partial charge on any atom is -0.398 e. The smallest absolute Gasteiger partial charge is 0.242 e. The predicted octanol–water partition coefficient (Wildman–Crippen LogP) is 3.64. The van der Waals surface area contributed by atoms with Crippen LogP contribution in [-0.4, -0.2) is 25.5 Å². The first-order valence-electron chi connectivity index (χ1n) is 6.72. The lowest BCUT2D eigenvalue weighted by Crippen LogP contribution is -2.33. The molecule has 1 saturated carbocycles. The quantitative estimate of drug-likeness (QED) is 0.723. The van der Waals surface area contributed by atoms with E-state index in [0.717, 1.165) is 25.0 Å². The van der Waals surface area contributed by atoms with Gasteiger partial charge in [0.15, 0.2) is 0 Å². The molecule has 1 fully saturated rings. The molecule has 0 heterocycles. The molecule has 1 aliphatic rings. The van der Waals surface area contributed by atoms with Crippen LogP contribution in [-0.2, 0) is 10.0 Å². The van der Waals surface area contributed by atoms with Crippen molar-refractivity contribution < 1.29 is 8.42 Å². The average molecular weight is 414 g/mol. The Labute approximate surface area is 143 Å². The number of halogens is 2. The lowest BCUT2D eigenvalue weighted by atomic mass is 10.3. The van der Waals surface area contributed by atoms with Gasteiger partial charge in [0, 0.05) is 22.0 Å². The van der Waals surface area contributed by atoms with E-state index in [1.807, 2.05) is 11.8 Å². The van der Waals surface area contributed by atoms with E-state index < -0.39 is 10.0 Å². The number of thioether (sulfide) groups is 1. The van der Waals surface area contributed by atoms with Crippen LogP contribution in [0.25, 0.3) is 0 Å². The van der Waals surface area contributed by atoms with E-state index in [9.17, 15) is 8.42 Å². The van der Waals surface area contributed by atoms with E-state index in [1.54, 1.807) is 0 Å². The zero-order valence-corrected chi connectivity index (χ0v) is 15.6. The molecule has 21 heavy (non-hydrogen) atoms. The van der Waals surface area contributed by atoms with Crippen molar-refractivity contribution in [2.24, 2.45) is 0 Å². The molecule has 0 aromatic heterocycles. The van der Waals surface area contributed by atoms with Crippen molar-refractivity contribution in [1.29, 1.82) is 0 Å². The monoisotopic (exact) mass is 412 g/mol. The van der Waals surface area contributed by atoms with Crippen molar-refractivity contribution in [1.82, 2.24) is 4.72 Å². The third-order valence-corrected chi connectivity index (χ3v) is 7.57. The summed E-state index contributed by atoms with van der Waals surface area (Å²) in [7, 11) is -3.63. The number of nitrogens with two attached hydrogens (primary N) is 1. The molecule has 8 heteroatoms. The Morgan fingerprint density at radius 1 is 1.48 bits per heavy atom. The normalized spacial score (nSPS) is 22.6. The highest BCUT2D eigenvalue weighted by Gasteiger charge is 2.30. The molecular weight excluding hydrogens is 396 g/mol. The fourth-order valence-corrected chi connectivity index (χ4v) is 6.22. The Morgan fingerprint density at radius 3 is 2.86 bits per heavy atom. The van der Waals surface area contributed by atoms with E-state index in [1.165, 1.54) is 12.1 Å². The van der Waals surface area contributed by atoms with Gasteiger partial charge in [0.1, 0.15) is 0 Å². The highest BCUT2D eigenvalue weighted by Crippen LogP contribution is 2.34. The number of sulfonamides is 1. The molecule has 118 valence electrons. The second kappa shape index (κ2) is 7.08. The Kier molecular flexibility index (Phi) is 5.87. The summed E-state index contributed by atoms with van der Waals surface area (Å²) >= 11 is 11.0. The molecule has 0 radical (unpaired) electrons. The van der Waals surface area contributed by atoms with E-state index in [-0.39, 0.29) is 10.9 Å². The number of hydrogen-bond acceptors (Lipinski definition) is 4. The first-order chi connectivity index (χ1) is 9.83. The van der Waals surface area contributed by atoms with Crippen molar-refractivity contribution in [2.45, 2.75) is 42.4 Å². The fourth-order valence-electron chi connectivity index (χ4n) is 2.50. The van der Waals surface area contributed by atoms with E-state index in [0.29, 0.717) is 20.4 Å². The van der Waals surface area contributed by atoms with Crippen molar-refractivity contribution in [3.63, 3.8) is 0 Å². The maximum atomic E-state index is 12.5. The Hall–Kier alpha value is 0.0500. The van der Waals surface area contributed by atoms with Gasteiger partial charge < -0.3 is 5.73 Å². The van der Waals surface area contributed by atoms with Gasteiger partial charge in [-0.15, -0.1) is 0 Å². The average Bonchev–Trinajstić information content (AvgIpc) is 2.80. The van der Waals surface area contributed by atoms with Crippen LogP contribution >= 0.6 is 39.3 Å². The lowest BCUT2D eigenvalue weighted by molar-refractivity contribution is 0.552. The first kappa shape index (κ1) is 17.4. The van der Waals surface area contributed by atoms with E-state index in [2.05, 4.69) is 27.6 Å². The molecule has 0 amide bonds. The molecule has 0 saturated heterocycles. The summed E-state index contributed by atoms with van der Waals surface area (Å²) in [6, 6.07) is 2.91. The molecule has 4 nitrogen and oxygen atoms in total. The van der Waals surface area contributed by atoms with Crippen LogP contribution in [0.4, 0.5) is 5.69 Å². The number of benzene rings is 1. The van der Waals surface area contributed by atoms with Gasteiger partial charge >= 0.3 is 0 Å². The van der Waals surface area contributed by atoms with Crippen LogP contribution in [0.1, 0.15) is 26.2 Å². The molecule has 0 spiro atoms. The standard InChI is InChI=1S/C13H18BrClN2O2S2/c1-2-20-10-4-3-9(7-10)17-21(18,19)12-6-8(15)5-11(16)13(12)14/h5-6,9-10,17H,2-4,7,16H2,1H3. The minimum atomic E-state index is -3.63. The van der Waals surface area contributed by atoms with Gasteiger partial charge in [-0.2, -0.15) is 11.8 Å². The molecule has 3 N–H and O–H groups in total. The predicted molar refractivity (Wildman–Crippen MR) is 93.4 cm³/mol. The van der Waals surface area contributed by atoms with Gasteiger partial charge in [-0.05, 0) is 53.1 Å². The van der Waals surface area contributed by atoms with Gasteiger partial charge in [-0.3, -0.25) is 0 Å². The Morgan fingerprint density at radius 2 is 2.19 bits per heavy atom. The largest absolute Gasteiger partial charge is 0.398 e. The number of nitrogen functional groups attached to an aromatic ring is 1. The fraction of sp³-hybridized carbons (Fsp3) is 0.538. The van der Waals surface area contributed by atoms with Crippen LogP contribution < -0.4 is 10.5 Å².